The Bertz CT molecular complexity index is 496. The molecule has 6 nitrogen and oxygen atoms in total. The second-order valence-electron chi connectivity index (χ2n) is 6.01. The van der Waals surface area contributed by atoms with Crippen molar-refractivity contribution in [2.45, 2.75) is 45.9 Å². The van der Waals surface area contributed by atoms with Gasteiger partial charge < -0.3 is 9.15 Å². The van der Waals surface area contributed by atoms with Gasteiger partial charge in [0.25, 0.3) is 5.91 Å². The molecule has 1 unspecified atom stereocenters. The lowest BCUT2D eigenvalue weighted by Crippen LogP contribution is -2.51. The van der Waals surface area contributed by atoms with Crippen LogP contribution in [0, 0.1) is 6.92 Å². The van der Waals surface area contributed by atoms with Crippen LogP contribution in [0.3, 0.4) is 0 Å². The molecule has 6 heteroatoms. The van der Waals surface area contributed by atoms with Gasteiger partial charge in [-0.05, 0) is 33.8 Å². The summed E-state index contributed by atoms with van der Waals surface area (Å²) in [5.74, 6) is 6.18. The van der Waals surface area contributed by atoms with E-state index in [1.165, 1.54) is 0 Å². The molecule has 0 spiro atoms. The van der Waals surface area contributed by atoms with Crippen LogP contribution in [-0.2, 0) is 11.3 Å². The molecule has 1 aliphatic rings. The van der Waals surface area contributed by atoms with Crippen molar-refractivity contribution in [1.82, 2.24) is 10.3 Å². The van der Waals surface area contributed by atoms with Crippen LogP contribution in [0.15, 0.2) is 10.5 Å². The highest BCUT2D eigenvalue weighted by atomic mass is 16.5. The molecule has 1 saturated heterocycles. The summed E-state index contributed by atoms with van der Waals surface area (Å²) in [5, 5.41) is 0. The first-order chi connectivity index (χ1) is 9.30. The Morgan fingerprint density at radius 1 is 1.60 bits per heavy atom. The van der Waals surface area contributed by atoms with E-state index >= 15 is 0 Å². The van der Waals surface area contributed by atoms with E-state index in [1.807, 2.05) is 0 Å². The molecule has 0 radical (unpaired) electrons. The van der Waals surface area contributed by atoms with Crippen LogP contribution in [0.5, 0.6) is 0 Å². The first-order valence-corrected chi connectivity index (χ1v) is 6.81. The van der Waals surface area contributed by atoms with E-state index in [0.717, 1.165) is 18.8 Å². The van der Waals surface area contributed by atoms with Crippen LogP contribution in [0.4, 0.5) is 0 Å². The van der Waals surface area contributed by atoms with Crippen LogP contribution in [0.2, 0.25) is 0 Å². The molecule has 1 atom stereocenters. The van der Waals surface area contributed by atoms with Crippen molar-refractivity contribution in [2.24, 2.45) is 5.84 Å². The van der Waals surface area contributed by atoms with Gasteiger partial charge in [0.15, 0.2) is 0 Å². The summed E-state index contributed by atoms with van der Waals surface area (Å²) in [6, 6.07) is 1.75. The Morgan fingerprint density at radius 3 is 2.90 bits per heavy atom. The van der Waals surface area contributed by atoms with E-state index < -0.39 is 0 Å². The highest BCUT2D eigenvalue weighted by molar-refractivity contribution is 5.94. The Hall–Kier alpha value is -1.37. The lowest BCUT2D eigenvalue weighted by molar-refractivity contribution is -0.131. The highest BCUT2D eigenvalue weighted by Gasteiger charge is 2.31. The number of nitrogens with zero attached hydrogens (tertiary/aromatic N) is 1. The molecule has 1 amide bonds. The van der Waals surface area contributed by atoms with Gasteiger partial charge in [0.05, 0.1) is 23.8 Å². The van der Waals surface area contributed by atoms with Crippen molar-refractivity contribution in [2.75, 3.05) is 13.1 Å². The van der Waals surface area contributed by atoms with Crippen molar-refractivity contribution >= 4 is 5.91 Å². The summed E-state index contributed by atoms with van der Waals surface area (Å²) in [6.45, 7) is 10.3. The second-order valence-corrected chi connectivity index (χ2v) is 6.01. The molecule has 112 valence electrons. The molecule has 2 rings (SSSR count). The number of nitrogen functional groups attached to an aromatic ring is 1. The monoisotopic (exact) mass is 281 g/mol. The van der Waals surface area contributed by atoms with Crippen LogP contribution in [-0.4, -0.2) is 35.6 Å². The fourth-order valence-corrected chi connectivity index (χ4v) is 2.85. The molecule has 0 bridgehead atoms. The quantitative estimate of drug-likeness (QED) is 0.494. The number of nitrogens with one attached hydrogen (secondary N) is 1. The smallest absolute Gasteiger partial charge is 0.268 e. The van der Waals surface area contributed by atoms with Crippen molar-refractivity contribution in [3.05, 3.63) is 23.2 Å². The minimum atomic E-state index is -0.326. The van der Waals surface area contributed by atoms with Crippen molar-refractivity contribution in [3.63, 3.8) is 0 Å². The van der Waals surface area contributed by atoms with Gasteiger partial charge in [0, 0.05) is 13.1 Å². The van der Waals surface area contributed by atoms with Crippen LogP contribution < -0.4 is 11.3 Å². The van der Waals surface area contributed by atoms with E-state index in [9.17, 15) is 4.79 Å². The van der Waals surface area contributed by atoms with Crippen LogP contribution in [0.1, 0.15) is 42.6 Å². The average molecular weight is 281 g/mol. The van der Waals surface area contributed by atoms with E-state index in [0.29, 0.717) is 17.9 Å². The zero-order chi connectivity index (χ0) is 14.9. The van der Waals surface area contributed by atoms with Gasteiger partial charge >= 0.3 is 0 Å². The maximum Gasteiger partial charge on any atom is 0.268 e. The van der Waals surface area contributed by atoms with Crippen molar-refractivity contribution in [1.29, 1.82) is 0 Å². The summed E-state index contributed by atoms with van der Waals surface area (Å²) >= 11 is 0. The maximum atomic E-state index is 11.6. The van der Waals surface area contributed by atoms with Gasteiger partial charge in [-0.15, -0.1) is 0 Å². The topological polar surface area (TPSA) is 80.7 Å². The third-order valence-electron chi connectivity index (χ3n) is 3.36. The zero-order valence-electron chi connectivity index (χ0n) is 12.5. The van der Waals surface area contributed by atoms with Gasteiger partial charge in [0.2, 0.25) is 0 Å². The van der Waals surface area contributed by atoms with Crippen molar-refractivity contribution < 1.29 is 13.9 Å². The van der Waals surface area contributed by atoms with E-state index in [2.05, 4.69) is 31.1 Å². The third kappa shape index (κ3) is 3.39. The molecular formula is C14H23N3O3. The molecule has 2 heterocycles. The Balaban J connectivity index is 2.08. The first-order valence-electron chi connectivity index (χ1n) is 6.81. The minimum absolute atomic E-state index is 0.170. The molecular weight excluding hydrogens is 258 g/mol. The van der Waals surface area contributed by atoms with Gasteiger partial charge in [0.1, 0.15) is 11.5 Å². The number of nitrogens with two attached hydrogens (primary N) is 1. The third-order valence-corrected chi connectivity index (χ3v) is 3.36. The molecule has 1 aromatic rings. The Labute approximate surface area is 119 Å². The molecule has 0 aliphatic carbocycles. The van der Waals surface area contributed by atoms with Gasteiger partial charge in [-0.2, -0.15) is 0 Å². The first kappa shape index (κ1) is 15.0. The number of carbonyl (C=O) groups is 1. The predicted octanol–water partition coefficient (Wildman–Crippen LogP) is 1.19. The van der Waals surface area contributed by atoms with Gasteiger partial charge in [-0.1, -0.05) is 0 Å². The number of hydrazine groups is 1. The molecule has 1 aromatic heterocycles. The standard InChI is InChI=1S/C14H23N3O3/c1-9-6-17(8-14(3,4)20-9)7-11-5-12(10(2)19-11)13(18)16-15/h5,9H,6-8,15H2,1-4H3,(H,16,18). The summed E-state index contributed by atoms with van der Waals surface area (Å²) in [7, 11) is 0. The fraction of sp³-hybridized carbons (Fsp3) is 0.643. The average Bonchev–Trinajstić information content (AvgIpc) is 2.66. The lowest BCUT2D eigenvalue weighted by atomic mass is 10.1. The van der Waals surface area contributed by atoms with E-state index in [4.69, 9.17) is 15.0 Å². The SMILES string of the molecule is Cc1oc(CN2CC(C)OC(C)(C)C2)cc1C(=O)NN. The van der Waals surface area contributed by atoms with E-state index in [-0.39, 0.29) is 17.6 Å². The summed E-state index contributed by atoms with van der Waals surface area (Å²) in [4.78, 5) is 13.8. The number of rotatable bonds is 3. The Morgan fingerprint density at radius 2 is 2.30 bits per heavy atom. The lowest BCUT2D eigenvalue weighted by Gasteiger charge is -2.41. The molecule has 1 aliphatic heterocycles. The number of amides is 1. The predicted molar refractivity (Wildman–Crippen MR) is 75.0 cm³/mol. The summed E-state index contributed by atoms with van der Waals surface area (Å²) in [5.41, 5.74) is 2.45. The largest absolute Gasteiger partial charge is 0.464 e. The molecule has 0 saturated carbocycles. The summed E-state index contributed by atoms with van der Waals surface area (Å²) in [6.07, 6.45) is 0.182. The number of furan rings is 1. The summed E-state index contributed by atoms with van der Waals surface area (Å²) < 4.78 is 11.5. The Kier molecular flexibility index (Phi) is 4.17. The van der Waals surface area contributed by atoms with E-state index in [1.54, 1.807) is 13.0 Å². The number of morpholine rings is 1. The van der Waals surface area contributed by atoms with Crippen LogP contribution >= 0.6 is 0 Å². The molecule has 20 heavy (non-hydrogen) atoms. The van der Waals surface area contributed by atoms with Crippen LogP contribution in [0.25, 0.3) is 0 Å². The second kappa shape index (κ2) is 5.55. The van der Waals surface area contributed by atoms with Gasteiger partial charge in [-0.25, -0.2) is 5.84 Å². The number of hydrogen-bond donors (Lipinski definition) is 2. The fourth-order valence-electron chi connectivity index (χ4n) is 2.85. The number of aryl methyl sites for hydroxylation is 1. The molecule has 3 N–H and O–H groups in total. The van der Waals surface area contributed by atoms with Gasteiger partial charge in [-0.3, -0.25) is 15.1 Å². The minimum Gasteiger partial charge on any atom is -0.464 e. The molecule has 1 fully saturated rings. The number of hydrogen-bond acceptors (Lipinski definition) is 5. The zero-order valence-corrected chi connectivity index (χ0v) is 12.5. The highest BCUT2D eigenvalue weighted by Crippen LogP contribution is 2.23. The normalized spacial score (nSPS) is 22.8. The number of ether oxygens (including phenoxy) is 1. The maximum absolute atomic E-state index is 11.6. The number of carbonyl (C=O) groups excluding carboxylic acids is 1. The molecule has 0 aromatic carbocycles. The van der Waals surface area contributed by atoms with Crippen molar-refractivity contribution in [3.8, 4) is 0 Å².